The van der Waals surface area contributed by atoms with E-state index in [0.717, 1.165) is 0 Å². The number of carbonyl (C=O) groups excluding carboxylic acids is 2. The van der Waals surface area contributed by atoms with Gasteiger partial charge in [-0.1, -0.05) is 0 Å². The molecule has 2 aliphatic rings. The predicted molar refractivity (Wildman–Crippen MR) is 30.4 cm³/mol. The van der Waals surface area contributed by atoms with E-state index in [1.54, 1.807) is 0 Å². The van der Waals surface area contributed by atoms with Crippen LogP contribution in [0, 0.1) is 0 Å². The molecule has 1 N–H and O–H groups in total. The number of esters is 2. The summed E-state index contributed by atoms with van der Waals surface area (Å²) < 4.78 is 9.27. The molecule has 0 amide bonds. The van der Waals surface area contributed by atoms with Crippen molar-refractivity contribution in [2.75, 3.05) is 0 Å². The fourth-order valence-corrected chi connectivity index (χ4v) is 1.29. The van der Waals surface area contributed by atoms with Gasteiger partial charge in [-0.3, -0.25) is 4.79 Å². The third-order valence-electron chi connectivity index (χ3n) is 1.82. The van der Waals surface area contributed by atoms with Crippen LogP contribution in [0.15, 0.2) is 0 Å². The molecule has 0 unspecified atom stereocenters. The smallest absolute Gasteiger partial charge is 0.339 e. The van der Waals surface area contributed by atoms with Crippen LogP contribution in [0.5, 0.6) is 0 Å². The Morgan fingerprint density at radius 1 is 1.36 bits per heavy atom. The topological polar surface area (TPSA) is 72.8 Å². The zero-order valence-electron chi connectivity index (χ0n) is 5.52. The predicted octanol–water partition coefficient (Wildman–Crippen LogP) is -1.41. The molecule has 0 aliphatic carbocycles. The fraction of sp³-hybridized carbons (Fsp3) is 0.667. The molecule has 0 spiro atoms. The summed E-state index contributed by atoms with van der Waals surface area (Å²) in [7, 11) is 0. The lowest BCUT2D eigenvalue weighted by molar-refractivity contribution is -0.152. The van der Waals surface area contributed by atoms with Crippen LogP contribution in [0.3, 0.4) is 0 Å². The van der Waals surface area contributed by atoms with Crippen molar-refractivity contribution in [3.8, 4) is 0 Å². The summed E-state index contributed by atoms with van der Waals surface area (Å²) in [6.45, 7) is 0. The summed E-state index contributed by atoms with van der Waals surface area (Å²) in [5, 5.41) is 9.03. The standard InChI is InChI=1S/C6H6O5/c7-3-1-2-5(11-3)4(8)6(9)10-2/h2,4-5,8H,1H2/t2-,4+,5+/m1/s1. The van der Waals surface area contributed by atoms with Gasteiger partial charge in [0.05, 0.1) is 6.42 Å². The van der Waals surface area contributed by atoms with Gasteiger partial charge in [-0.15, -0.1) is 0 Å². The number of fused-ring (bicyclic) bond motifs is 1. The van der Waals surface area contributed by atoms with Crippen molar-refractivity contribution in [2.24, 2.45) is 0 Å². The lowest BCUT2D eigenvalue weighted by atomic mass is 10.1. The normalized spacial score (nSPS) is 41.7. The SMILES string of the molecule is O=C1C[C@H]2OC(=O)[C@@H](O)[C@H]2O1. The molecule has 0 radical (unpaired) electrons. The van der Waals surface area contributed by atoms with Gasteiger partial charge >= 0.3 is 11.9 Å². The van der Waals surface area contributed by atoms with E-state index in [1.165, 1.54) is 0 Å². The highest BCUT2D eigenvalue weighted by Crippen LogP contribution is 2.27. The molecule has 5 heteroatoms. The molecule has 2 fully saturated rings. The highest BCUT2D eigenvalue weighted by Gasteiger charge is 2.51. The van der Waals surface area contributed by atoms with Gasteiger partial charge in [0, 0.05) is 0 Å². The van der Waals surface area contributed by atoms with Crippen LogP contribution in [0.2, 0.25) is 0 Å². The van der Waals surface area contributed by atoms with E-state index in [9.17, 15) is 9.59 Å². The second-order valence-electron chi connectivity index (χ2n) is 2.58. The van der Waals surface area contributed by atoms with Crippen LogP contribution < -0.4 is 0 Å². The summed E-state index contributed by atoms with van der Waals surface area (Å²) in [6.07, 6.45) is -2.56. The Hall–Kier alpha value is -1.10. The molecule has 0 bridgehead atoms. The quantitative estimate of drug-likeness (QED) is 0.438. The molecule has 2 heterocycles. The molecule has 0 aromatic carbocycles. The number of aliphatic hydroxyl groups is 1. The Balaban J connectivity index is 2.19. The van der Waals surface area contributed by atoms with Crippen molar-refractivity contribution < 1.29 is 24.2 Å². The molecule has 2 rings (SSSR count). The Morgan fingerprint density at radius 3 is 2.73 bits per heavy atom. The third kappa shape index (κ3) is 0.808. The summed E-state index contributed by atoms with van der Waals surface area (Å²) in [6, 6.07) is 0. The van der Waals surface area contributed by atoms with Gasteiger partial charge in [0.2, 0.25) is 0 Å². The van der Waals surface area contributed by atoms with Gasteiger partial charge in [-0.05, 0) is 0 Å². The first kappa shape index (κ1) is 6.60. The Morgan fingerprint density at radius 2 is 2.09 bits per heavy atom. The lowest BCUT2D eigenvalue weighted by Gasteiger charge is -2.05. The van der Waals surface area contributed by atoms with E-state index in [2.05, 4.69) is 9.47 Å². The van der Waals surface area contributed by atoms with Gasteiger partial charge in [0.1, 0.15) is 0 Å². The summed E-state index contributed by atoms with van der Waals surface area (Å²) in [5.74, 6) is -1.13. The summed E-state index contributed by atoms with van der Waals surface area (Å²) >= 11 is 0. The molecule has 0 aromatic rings. The van der Waals surface area contributed by atoms with Crippen LogP contribution in [0.1, 0.15) is 6.42 Å². The number of hydrogen-bond acceptors (Lipinski definition) is 5. The molecule has 2 saturated heterocycles. The van der Waals surface area contributed by atoms with Crippen molar-refractivity contribution in [1.82, 2.24) is 0 Å². The highest BCUT2D eigenvalue weighted by atomic mass is 16.6. The number of ether oxygens (including phenoxy) is 2. The first-order valence-electron chi connectivity index (χ1n) is 3.26. The van der Waals surface area contributed by atoms with Crippen LogP contribution in [0.25, 0.3) is 0 Å². The second kappa shape index (κ2) is 1.94. The molecule has 11 heavy (non-hydrogen) atoms. The molecule has 0 saturated carbocycles. The second-order valence-corrected chi connectivity index (χ2v) is 2.58. The molecule has 0 aromatic heterocycles. The largest absolute Gasteiger partial charge is 0.456 e. The molecule has 5 nitrogen and oxygen atoms in total. The molecular weight excluding hydrogens is 152 g/mol. The summed E-state index contributed by atoms with van der Waals surface area (Å²) in [4.78, 5) is 21.2. The van der Waals surface area contributed by atoms with Crippen LogP contribution in [0.4, 0.5) is 0 Å². The third-order valence-corrected chi connectivity index (χ3v) is 1.82. The Kier molecular flexibility index (Phi) is 1.17. The maximum Gasteiger partial charge on any atom is 0.339 e. The van der Waals surface area contributed by atoms with Crippen molar-refractivity contribution >= 4 is 11.9 Å². The van der Waals surface area contributed by atoms with Crippen LogP contribution in [-0.4, -0.2) is 35.4 Å². The maximum absolute atomic E-state index is 10.6. The summed E-state index contributed by atoms with van der Waals surface area (Å²) in [5.41, 5.74) is 0. The molecule has 3 atom stereocenters. The zero-order valence-corrected chi connectivity index (χ0v) is 5.52. The molecule has 2 aliphatic heterocycles. The lowest BCUT2D eigenvalue weighted by Crippen LogP contribution is -2.29. The van der Waals surface area contributed by atoms with Crippen LogP contribution >= 0.6 is 0 Å². The Labute approximate surface area is 61.9 Å². The molecule has 60 valence electrons. The highest BCUT2D eigenvalue weighted by molar-refractivity contribution is 5.82. The van der Waals surface area contributed by atoms with Crippen molar-refractivity contribution in [2.45, 2.75) is 24.7 Å². The van der Waals surface area contributed by atoms with E-state index in [-0.39, 0.29) is 6.42 Å². The van der Waals surface area contributed by atoms with E-state index < -0.39 is 30.3 Å². The zero-order chi connectivity index (χ0) is 8.01. The minimum absolute atomic E-state index is 0.0630. The number of hydrogen-bond donors (Lipinski definition) is 1. The maximum atomic E-state index is 10.6. The van der Waals surface area contributed by atoms with Crippen molar-refractivity contribution in [3.05, 3.63) is 0 Å². The number of carbonyl (C=O) groups is 2. The minimum atomic E-state index is -1.29. The average molecular weight is 158 g/mol. The van der Waals surface area contributed by atoms with E-state index in [1.807, 2.05) is 0 Å². The van der Waals surface area contributed by atoms with E-state index in [4.69, 9.17) is 5.11 Å². The van der Waals surface area contributed by atoms with E-state index >= 15 is 0 Å². The van der Waals surface area contributed by atoms with Crippen molar-refractivity contribution in [1.29, 1.82) is 0 Å². The van der Waals surface area contributed by atoms with Gasteiger partial charge in [-0.2, -0.15) is 0 Å². The van der Waals surface area contributed by atoms with Gasteiger partial charge < -0.3 is 14.6 Å². The van der Waals surface area contributed by atoms with Gasteiger partial charge in [0.25, 0.3) is 0 Å². The monoisotopic (exact) mass is 158 g/mol. The Bertz CT molecular complexity index is 223. The average Bonchev–Trinajstić information content (AvgIpc) is 2.37. The number of rotatable bonds is 0. The minimum Gasteiger partial charge on any atom is -0.456 e. The van der Waals surface area contributed by atoms with Gasteiger partial charge in [-0.25, -0.2) is 4.79 Å². The number of aliphatic hydroxyl groups excluding tert-OH is 1. The van der Waals surface area contributed by atoms with Gasteiger partial charge in [0.15, 0.2) is 18.3 Å². The molecular formula is C6H6O5. The first-order valence-corrected chi connectivity index (χ1v) is 3.26. The first-order chi connectivity index (χ1) is 5.18. The van der Waals surface area contributed by atoms with E-state index in [0.29, 0.717) is 0 Å². The van der Waals surface area contributed by atoms with Crippen molar-refractivity contribution in [3.63, 3.8) is 0 Å². The fourth-order valence-electron chi connectivity index (χ4n) is 1.29. The van der Waals surface area contributed by atoms with Crippen LogP contribution in [-0.2, 0) is 19.1 Å².